The molecule has 1 unspecified atom stereocenters. The van der Waals surface area contributed by atoms with Crippen LogP contribution in [0.5, 0.6) is 0 Å². The van der Waals surface area contributed by atoms with Gasteiger partial charge in [0.25, 0.3) is 5.91 Å². The molecule has 2 heterocycles. The Labute approximate surface area is 108 Å². The fourth-order valence-corrected chi connectivity index (χ4v) is 2.28. The highest BCUT2D eigenvalue weighted by Crippen LogP contribution is 2.19. The van der Waals surface area contributed by atoms with Crippen LogP contribution in [0.2, 0.25) is 0 Å². The van der Waals surface area contributed by atoms with E-state index < -0.39 is 0 Å². The summed E-state index contributed by atoms with van der Waals surface area (Å²) in [4.78, 5) is 18.4. The Bertz CT molecular complexity index is 402. The Balaban J connectivity index is 2.02. The second-order valence-corrected chi connectivity index (χ2v) is 4.85. The highest BCUT2D eigenvalue weighted by Gasteiger charge is 2.26. The summed E-state index contributed by atoms with van der Waals surface area (Å²) in [6.07, 6.45) is 5.01. The number of aromatic nitrogens is 1. The molecule has 1 fully saturated rings. The molecule has 1 aromatic heterocycles. The van der Waals surface area contributed by atoms with Gasteiger partial charge in [-0.15, -0.1) is 0 Å². The molecule has 98 valence electrons. The van der Waals surface area contributed by atoms with Gasteiger partial charge in [0.2, 0.25) is 0 Å². The van der Waals surface area contributed by atoms with Gasteiger partial charge in [-0.2, -0.15) is 0 Å². The van der Waals surface area contributed by atoms with Crippen LogP contribution in [0.3, 0.4) is 0 Å². The predicted octanol–water partition coefficient (Wildman–Crippen LogP) is 2.53. The molecule has 1 amide bonds. The average molecular weight is 247 g/mol. The van der Waals surface area contributed by atoms with Gasteiger partial charge in [0.1, 0.15) is 5.69 Å². The molecule has 0 saturated carbocycles. The molecule has 0 aliphatic carbocycles. The topological polar surface area (TPSA) is 45.2 Å². The van der Waals surface area contributed by atoms with Crippen molar-refractivity contribution in [2.45, 2.75) is 39.2 Å². The lowest BCUT2D eigenvalue weighted by Crippen LogP contribution is -2.34. The van der Waals surface area contributed by atoms with Crippen molar-refractivity contribution in [3.63, 3.8) is 0 Å². The van der Waals surface area contributed by atoms with Crippen LogP contribution in [0.25, 0.3) is 0 Å². The monoisotopic (exact) mass is 247 g/mol. The van der Waals surface area contributed by atoms with Gasteiger partial charge in [0, 0.05) is 19.1 Å². The number of carbonyl (C=O) groups is 1. The zero-order valence-electron chi connectivity index (χ0n) is 11.1. The van der Waals surface area contributed by atoms with Gasteiger partial charge < -0.3 is 10.2 Å². The normalized spacial score (nSPS) is 19.0. The first-order valence-corrected chi connectivity index (χ1v) is 6.73. The number of nitrogens with one attached hydrogen (secondary N) is 1. The molecule has 0 aromatic carbocycles. The number of amides is 1. The smallest absolute Gasteiger partial charge is 0.272 e. The van der Waals surface area contributed by atoms with Crippen LogP contribution in [-0.2, 0) is 0 Å². The Morgan fingerprint density at radius 2 is 2.39 bits per heavy atom. The maximum atomic E-state index is 12.2. The van der Waals surface area contributed by atoms with Crippen molar-refractivity contribution in [3.8, 4) is 0 Å². The van der Waals surface area contributed by atoms with E-state index in [2.05, 4.69) is 24.1 Å². The molecule has 4 nitrogen and oxygen atoms in total. The van der Waals surface area contributed by atoms with Crippen LogP contribution in [0.4, 0.5) is 5.69 Å². The van der Waals surface area contributed by atoms with E-state index in [0.29, 0.717) is 11.7 Å². The maximum absolute atomic E-state index is 12.2. The van der Waals surface area contributed by atoms with E-state index in [1.807, 2.05) is 17.0 Å². The molecule has 2 rings (SSSR count). The third-order valence-electron chi connectivity index (χ3n) is 3.38. The largest absolute Gasteiger partial charge is 0.384 e. The summed E-state index contributed by atoms with van der Waals surface area (Å²) in [7, 11) is 0. The Morgan fingerprint density at radius 3 is 2.94 bits per heavy atom. The van der Waals surface area contributed by atoms with E-state index >= 15 is 0 Å². The zero-order chi connectivity index (χ0) is 13.0. The summed E-state index contributed by atoms with van der Waals surface area (Å²) < 4.78 is 0. The molecule has 4 heteroatoms. The molecule has 1 aliphatic rings. The molecular weight excluding hydrogens is 226 g/mol. The predicted molar refractivity (Wildman–Crippen MR) is 72.8 cm³/mol. The minimum atomic E-state index is 0.0574. The number of pyridine rings is 1. The lowest BCUT2D eigenvalue weighted by molar-refractivity contribution is 0.0741. The first kappa shape index (κ1) is 12.9. The van der Waals surface area contributed by atoms with E-state index in [0.717, 1.165) is 38.0 Å². The number of hydrogen-bond donors (Lipinski definition) is 1. The number of carbonyl (C=O) groups excluding carboxylic acids is 1. The summed E-state index contributed by atoms with van der Waals surface area (Å²) in [6, 6.07) is 4.08. The van der Waals surface area contributed by atoms with E-state index in [1.165, 1.54) is 0 Å². The van der Waals surface area contributed by atoms with Gasteiger partial charge in [0.05, 0.1) is 11.9 Å². The van der Waals surface area contributed by atoms with Gasteiger partial charge >= 0.3 is 0 Å². The second kappa shape index (κ2) is 5.85. The van der Waals surface area contributed by atoms with Gasteiger partial charge in [-0.1, -0.05) is 6.92 Å². The molecular formula is C14H21N3O. The standard InChI is InChI=1S/C14H21N3O/c1-3-8-15-12-6-7-13(16-10-12)14(18)17-9-4-5-11(17)2/h6-7,10-11,15H,3-5,8-9H2,1-2H3. The zero-order valence-corrected chi connectivity index (χ0v) is 11.1. The molecule has 18 heavy (non-hydrogen) atoms. The van der Waals surface area contributed by atoms with E-state index in [4.69, 9.17) is 0 Å². The maximum Gasteiger partial charge on any atom is 0.272 e. The number of nitrogens with zero attached hydrogens (tertiary/aromatic N) is 2. The highest BCUT2D eigenvalue weighted by atomic mass is 16.2. The van der Waals surface area contributed by atoms with E-state index in [9.17, 15) is 4.79 Å². The van der Waals surface area contributed by atoms with Crippen LogP contribution in [-0.4, -0.2) is 34.9 Å². The van der Waals surface area contributed by atoms with E-state index in [-0.39, 0.29) is 5.91 Å². The molecule has 1 atom stereocenters. The summed E-state index contributed by atoms with van der Waals surface area (Å²) >= 11 is 0. The average Bonchev–Trinajstić information content (AvgIpc) is 2.82. The molecule has 1 N–H and O–H groups in total. The van der Waals surface area contributed by atoms with Crippen molar-refractivity contribution < 1.29 is 4.79 Å². The van der Waals surface area contributed by atoms with Crippen molar-refractivity contribution >= 4 is 11.6 Å². The first-order chi connectivity index (χ1) is 8.72. The van der Waals surface area contributed by atoms with Crippen LogP contribution in [0.1, 0.15) is 43.6 Å². The molecule has 0 bridgehead atoms. The van der Waals surface area contributed by atoms with E-state index in [1.54, 1.807) is 6.20 Å². The molecule has 0 spiro atoms. The molecule has 1 aliphatic heterocycles. The molecule has 0 radical (unpaired) electrons. The third-order valence-corrected chi connectivity index (χ3v) is 3.38. The van der Waals surface area contributed by atoms with Crippen molar-refractivity contribution in [3.05, 3.63) is 24.0 Å². The van der Waals surface area contributed by atoms with Crippen molar-refractivity contribution in [1.29, 1.82) is 0 Å². The quantitative estimate of drug-likeness (QED) is 0.889. The third kappa shape index (κ3) is 2.81. The van der Waals surface area contributed by atoms with Gasteiger partial charge in [-0.3, -0.25) is 4.79 Å². The minimum absolute atomic E-state index is 0.0574. The van der Waals surface area contributed by atoms with Crippen molar-refractivity contribution in [1.82, 2.24) is 9.88 Å². The number of anilines is 1. The number of likely N-dealkylation sites (tertiary alicyclic amines) is 1. The Kier molecular flexibility index (Phi) is 4.18. The Morgan fingerprint density at radius 1 is 1.56 bits per heavy atom. The van der Waals surface area contributed by atoms with Crippen LogP contribution in [0, 0.1) is 0 Å². The lowest BCUT2D eigenvalue weighted by atomic mass is 10.2. The van der Waals surface area contributed by atoms with Gasteiger partial charge in [-0.25, -0.2) is 4.98 Å². The SMILES string of the molecule is CCCNc1ccc(C(=O)N2CCCC2C)nc1. The first-order valence-electron chi connectivity index (χ1n) is 6.73. The van der Waals surface area contributed by atoms with Crippen LogP contribution in [0.15, 0.2) is 18.3 Å². The van der Waals surface area contributed by atoms with Crippen molar-refractivity contribution in [2.24, 2.45) is 0 Å². The fraction of sp³-hybridized carbons (Fsp3) is 0.571. The van der Waals surface area contributed by atoms with Crippen LogP contribution >= 0.6 is 0 Å². The van der Waals surface area contributed by atoms with Crippen molar-refractivity contribution in [2.75, 3.05) is 18.4 Å². The number of hydrogen-bond acceptors (Lipinski definition) is 3. The Hall–Kier alpha value is -1.58. The number of rotatable bonds is 4. The van der Waals surface area contributed by atoms with Gasteiger partial charge in [-0.05, 0) is 38.3 Å². The van der Waals surface area contributed by atoms with Crippen LogP contribution < -0.4 is 5.32 Å². The fourth-order valence-electron chi connectivity index (χ4n) is 2.28. The summed E-state index contributed by atoms with van der Waals surface area (Å²) in [5, 5.41) is 3.25. The second-order valence-electron chi connectivity index (χ2n) is 4.85. The summed E-state index contributed by atoms with van der Waals surface area (Å²) in [5.74, 6) is 0.0574. The molecule has 1 aromatic rings. The van der Waals surface area contributed by atoms with Gasteiger partial charge in [0.15, 0.2) is 0 Å². The summed E-state index contributed by atoms with van der Waals surface area (Å²) in [6.45, 7) is 6.00. The minimum Gasteiger partial charge on any atom is -0.384 e. The molecule has 1 saturated heterocycles. The summed E-state index contributed by atoms with van der Waals surface area (Å²) in [5.41, 5.74) is 1.52. The highest BCUT2D eigenvalue weighted by molar-refractivity contribution is 5.92. The lowest BCUT2D eigenvalue weighted by Gasteiger charge is -2.20.